The van der Waals surface area contributed by atoms with E-state index in [1.54, 1.807) is 0 Å². The number of nitrogens with zero attached hydrogens (tertiary/aromatic N) is 2. The van der Waals surface area contributed by atoms with Crippen molar-refractivity contribution in [3.63, 3.8) is 0 Å². The van der Waals surface area contributed by atoms with Crippen LogP contribution < -0.4 is 4.90 Å². The van der Waals surface area contributed by atoms with Gasteiger partial charge in [-0.1, -0.05) is 6.92 Å². The summed E-state index contributed by atoms with van der Waals surface area (Å²) in [6.45, 7) is 5.00. The lowest BCUT2D eigenvalue weighted by Gasteiger charge is -2.28. The van der Waals surface area contributed by atoms with E-state index in [1.807, 2.05) is 0 Å². The van der Waals surface area contributed by atoms with Crippen molar-refractivity contribution < 1.29 is 49.4 Å². The molecule has 200 valence electrons. The van der Waals surface area contributed by atoms with Gasteiger partial charge in [-0.25, -0.2) is 23.0 Å². The summed E-state index contributed by atoms with van der Waals surface area (Å²) < 4.78 is 102. The number of hydrogen-bond acceptors (Lipinski definition) is 8. The van der Waals surface area contributed by atoms with Gasteiger partial charge in [0.2, 0.25) is 0 Å². The van der Waals surface area contributed by atoms with Gasteiger partial charge in [0.05, 0.1) is 24.3 Å². The number of rotatable bonds is 7. The number of alkyl halides is 5. The third kappa shape index (κ3) is 6.30. The second-order valence-corrected chi connectivity index (χ2v) is 11.6. The molecule has 0 aliphatic carbocycles. The van der Waals surface area contributed by atoms with Crippen LogP contribution in [0.25, 0.3) is 0 Å². The maximum absolute atomic E-state index is 14.1. The fourth-order valence-electron chi connectivity index (χ4n) is 2.80. The smallest absolute Gasteiger partial charge is 0.458 e. The lowest BCUT2D eigenvalue weighted by atomic mass is 10.1. The van der Waals surface area contributed by atoms with Crippen LogP contribution in [0.3, 0.4) is 0 Å². The van der Waals surface area contributed by atoms with Crippen LogP contribution in [0.1, 0.15) is 47.8 Å². The predicted molar refractivity (Wildman–Crippen MR) is 120 cm³/mol. The van der Waals surface area contributed by atoms with Crippen molar-refractivity contribution in [2.75, 3.05) is 17.8 Å². The minimum Gasteiger partial charge on any atom is -0.465 e. The monoisotopic (exact) mass is 558 g/mol. The van der Waals surface area contributed by atoms with Gasteiger partial charge < -0.3 is 9.47 Å². The summed E-state index contributed by atoms with van der Waals surface area (Å²) in [6.07, 6.45) is -5.99. The van der Waals surface area contributed by atoms with Gasteiger partial charge in [0.1, 0.15) is 15.4 Å². The highest BCUT2D eigenvalue weighted by Gasteiger charge is 2.60. The summed E-state index contributed by atoms with van der Waals surface area (Å²) >= 11 is -0.160. The molecule has 0 aliphatic rings. The molecule has 0 aromatic carbocycles. The first-order valence-corrected chi connectivity index (χ1v) is 12.7. The standard InChI is InChI=1S/C21H23F5N2O6S2/c1-6-36(31,32)13-8-7-9-27-16(13)28(18(30)34-19(2,3)4)11-12-10-14(20(22,23)21(24,25)26)35-15(12)17(29)33-5/h7-10H,6,11H2,1-5H3. The fourth-order valence-corrected chi connectivity index (χ4v) is 4.93. The molecule has 2 heterocycles. The van der Waals surface area contributed by atoms with Crippen molar-refractivity contribution in [3.05, 3.63) is 39.7 Å². The maximum Gasteiger partial charge on any atom is 0.458 e. The minimum absolute atomic E-state index is 0.160. The Morgan fingerprint density at radius 1 is 1.14 bits per heavy atom. The highest BCUT2D eigenvalue weighted by atomic mass is 32.2. The van der Waals surface area contributed by atoms with Crippen molar-refractivity contribution in [1.82, 2.24) is 4.98 Å². The number of carbonyl (C=O) groups is 2. The number of methoxy groups -OCH3 is 1. The van der Waals surface area contributed by atoms with E-state index in [2.05, 4.69) is 9.72 Å². The van der Waals surface area contributed by atoms with E-state index in [9.17, 15) is 40.0 Å². The molecular formula is C21H23F5N2O6S2. The highest BCUT2D eigenvalue weighted by Crippen LogP contribution is 2.47. The molecule has 0 saturated carbocycles. The molecule has 8 nitrogen and oxygen atoms in total. The third-order valence-electron chi connectivity index (χ3n) is 4.51. The van der Waals surface area contributed by atoms with Crippen LogP contribution in [0, 0.1) is 0 Å². The zero-order valence-corrected chi connectivity index (χ0v) is 21.4. The fraction of sp³-hybridized carbons (Fsp3) is 0.476. The number of hydrogen-bond donors (Lipinski definition) is 0. The molecule has 0 saturated heterocycles. The van der Waals surface area contributed by atoms with Crippen LogP contribution in [0.5, 0.6) is 0 Å². The Morgan fingerprint density at radius 2 is 1.75 bits per heavy atom. The van der Waals surface area contributed by atoms with E-state index in [0.717, 1.165) is 19.4 Å². The molecule has 0 aliphatic heterocycles. The average molecular weight is 559 g/mol. The second kappa shape index (κ2) is 10.3. The van der Waals surface area contributed by atoms with Gasteiger partial charge in [-0.05, 0) is 44.5 Å². The quantitative estimate of drug-likeness (QED) is 0.335. The number of ether oxygens (including phenoxy) is 2. The van der Waals surface area contributed by atoms with Crippen LogP contribution in [-0.4, -0.2) is 50.1 Å². The van der Waals surface area contributed by atoms with Crippen LogP contribution in [0.15, 0.2) is 29.3 Å². The molecule has 0 fully saturated rings. The normalized spacial score (nSPS) is 12.8. The van der Waals surface area contributed by atoms with Gasteiger partial charge in [-0.15, -0.1) is 11.3 Å². The summed E-state index contributed by atoms with van der Waals surface area (Å²) in [7, 11) is -3.09. The Labute approximate surface area is 207 Å². The number of sulfone groups is 1. The Bertz CT molecular complexity index is 1240. The van der Waals surface area contributed by atoms with Crippen LogP contribution >= 0.6 is 11.3 Å². The molecule has 0 radical (unpaired) electrons. The Kier molecular flexibility index (Phi) is 8.40. The molecule has 1 amide bonds. The third-order valence-corrected chi connectivity index (χ3v) is 7.49. The second-order valence-electron chi connectivity index (χ2n) is 8.32. The lowest BCUT2D eigenvalue weighted by molar-refractivity contribution is -0.287. The Hall–Kier alpha value is -2.81. The summed E-state index contributed by atoms with van der Waals surface area (Å²) in [5.41, 5.74) is -1.57. The number of anilines is 1. The number of halogens is 5. The number of pyridine rings is 1. The van der Waals surface area contributed by atoms with Gasteiger partial charge in [0, 0.05) is 6.20 Å². The van der Waals surface area contributed by atoms with E-state index in [0.29, 0.717) is 11.0 Å². The molecule has 0 bridgehead atoms. The van der Waals surface area contributed by atoms with E-state index < -0.39 is 72.2 Å². The van der Waals surface area contributed by atoms with Crippen LogP contribution in [-0.2, 0) is 31.8 Å². The molecule has 36 heavy (non-hydrogen) atoms. The van der Waals surface area contributed by atoms with Crippen molar-refractivity contribution in [2.45, 2.75) is 56.8 Å². The zero-order valence-electron chi connectivity index (χ0n) is 19.8. The molecule has 0 spiro atoms. The number of carbonyl (C=O) groups excluding carboxylic acids is 2. The lowest BCUT2D eigenvalue weighted by Crippen LogP contribution is -2.38. The SMILES string of the molecule is CCS(=O)(=O)c1cccnc1N(Cc1cc(C(F)(F)C(F)(F)F)sc1C(=O)OC)C(=O)OC(C)(C)C. The topological polar surface area (TPSA) is 103 Å². The van der Waals surface area contributed by atoms with E-state index in [4.69, 9.17) is 4.74 Å². The summed E-state index contributed by atoms with van der Waals surface area (Å²) in [6, 6.07) is 2.85. The van der Waals surface area contributed by atoms with Crippen molar-refractivity contribution in [3.8, 4) is 0 Å². The van der Waals surface area contributed by atoms with Gasteiger partial charge in [-0.2, -0.15) is 22.0 Å². The van der Waals surface area contributed by atoms with Gasteiger partial charge in [-0.3, -0.25) is 4.90 Å². The number of amides is 1. The first-order chi connectivity index (χ1) is 16.4. The molecule has 2 aromatic rings. The van der Waals surface area contributed by atoms with Crippen molar-refractivity contribution >= 4 is 39.1 Å². The largest absolute Gasteiger partial charge is 0.465 e. The van der Waals surface area contributed by atoms with E-state index in [1.165, 1.54) is 33.8 Å². The minimum atomic E-state index is -5.96. The first-order valence-electron chi connectivity index (χ1n) is 10.2. The maximum atomic E-state index is 14.1. The molecule has 2 aromatic heterocycles. The summed E-state index contributed by atoms with van der Waals surface area (Å²) in [5, 5.41) is 0. The Balaban J connectivity index is 2.75. The molecule has 0 unspecified atom stereocenters. The molecular weight excluding hydrogens is 535 g/mol. The molecule has 15 heteroatoms. The van der Waals surface area contributed by atoms with Crippen LogP contribution in [0.2, 0.25) is 0 Å². The highest BCUT2D eigenvalue weighted by molar-refractivity contribution is 7.91. The number of aromatic nitrogens is 1. The molecule has 2 rings (SSSR count). The average Bonchev–Trinajstić information content (AvgIpc) is 3.19. The van der Waals surface area contributed by atoms with Gasteiger partial charge in [0.25, 0.3) is 0 Å². The molecule has 0 atom stereocenters. The predicted octanol–water partition coefficient (Wildman–Crippen LogP) is 5.32. The van der Waals surface area contributed by atoms with Crippen LogP contribution in [0.4, 0.5) is 32.6 Å². The van der Waals surface area contributed by atoms with E-state index >= 15 is 0 Å². The Morgan fingerprint density at radius 3 is 2.25 bits per heavy atom. The summed E-state index contributed by atoms with van der Waals surface area (Å²) in [4.78, 5) is 27.3. The molecule has 0 N–H and O–H groups in total. The zero-order chi connectivity index (χ0) is 27.7. The first kappa shape index (κ1) is 29.4. The van der Waals surface area contributed by atoms with Crippen molar-refractivity contribution in [2.24, 2.45) is 0 Å². The van der Waals surface area contributed by atoms with Crippen molar-refractivity contribution in [1.29, 1.82) is 0 Å². The number of esters is 1. The summed E-state index contributed by atoms with van der Waals surface area (Å²) in [5.74, 6) is -7.38. The van der Waals surface area contributed by atoms with Gasteiger partial charge in [0.15, 0.2) is 15.7 Å². The van der Waals surface area contributed by atoms with Gasteiger partial charge >= 0.3 is 24.2 Å². The van der Waals surface area contributed by atoms with E-state index in [-0.39, 0.29) is 17.1 Å². The number of thiophene rings is 1.